The average Bonchev–Trinajstić information content (AvgIpc) is 3.10. The number of benzene rings is 3. The van der Waals surface area contributed by atoms with Gasteiger partial charge in [0.2, 0.25) is 0 Å². The Morgan fingerprint density at radius 1 is 0.844 bits per heavy atom. The molecule has 1 aliphatic heterocycles. The second-order valence-corrected chi connectivity index (χ2v) is 10.0. The fourth-order valence-electron chi connectivity index (χ4n) is 4.41. The Hall–Kier alpha value is -3.16. The quantitative estimate of drug-likeness (QED) is 0.446. The van der Waals surface area contributed by atoms with E-state index in [-0.39, 0.29) is 0 Å². The highest BCUT2D eigenvalue weighted by Crippen LogP contribution is 2.32. The third kappa shape index (κ3) is 3.47. The maximum Gasteiger partial charge on any atom is 0.269 e. The second-order valence-electron chi connectivity index (χ2n) is 8.26. The molecule has 1 aliphatic rings. The van der Waals surface area contributed by atoms with Crippen LogP contribution in [0.3, 0.4) is 0 Å². The van der Waals surface area contributed by atoms with Gasteiger partial charge in [-0.05, 0) is 31.5 Å². The lowest BCUT2D eigenvalue weighted by Gasteiger charge is -2.30. The van der Waals surface area contributed by atoms with Gasteiger partial charge >= 0.3 is 0 Å². The summed E-state index contributed by atoms with van der Waals surface area (Å²) in [6.45, 7) is 5.51. The van der Waals surface area contributed by atoms with E-state index in [4.69, 9.17) is 5.10 Å². The molecule has 0 radical (unpaired) electrons. The summed E-state index contributed by atoms with van der Waals surface area (Å²) >= 11 is 0. The van der Waals surface area contributed by atoms with Gasteiger partial charge in [0.25, 0.3) is 10.0 Å². The van der Waals surface area contributed by atoms with Gasteiger partial charge in [0.05, 0.1) is 16.6 Å². The van der Waals surface area contributed by atoms with Gasteiger partial charge in [-0.1, -0.05) is 54.6 Å². The zero-order valence-electron chi connectivity index (χ0n) is 18.3. The van der Waals surface area contributed by atoms with Gasteiger partial charge in [-0.2, -0.15) is 5.10 Å². The summed E-state index contributed by atoms with van der Waals surface area (Å²) in [5.41, 5.74) is 2.16. The highest BCUT2D eigenvalue weighted by Gasteiger charge is 2.26. The summed E-state index contributed by atoms with van der Waals surface area (Å²) in [5.74, 6) is 0. The smallest absolute Gasteiger partial charge is 0.269 e. The first-order valence-corrected chi connectivity index (χ1v) is 12.2. The Kier molecular flexibility index (Phi) is 5.23. The fraction of sp³-hybridized carbons (Fsp3) is 0.240. The van der Waals surface area contributed by atoms with Gasteiger partial charge in [0.15, 0.2) is 0 Å². The van der Waals surface area contributed by atoms with Crippen molar-refractivity contribution in [1.29, 1.82) is 0 Å². The number of hydrogen-bond acceptors (Lipinski definition) is 5. The molecule has 1 fully saturated rings. The molecule has 3 aromatic carbocycles. The number of piperazine rings is 1. The highest BCUT2D eigenvalue weighted by molar-refractivity contribution is 7.90. The molecular weight excluding hydrogens is 420 g/mol. The number of para-hydroxylation sites is 1. The maximum absolute atomic E-state index is 13.9. The van der Waals surface area contributed by atoms with Crippen molar-refractivity contribution in [2.45, 2.75) is 11.8 Å². The molecule has 164 valence electrons. The van der Waals surface area contributed by atoms with E-state index in [2.05, 4.69) is 11.9 Å². The number of aromatic nitrogens is 1. The lowest BCUT2D eigenvalue weighted by molar-refractivity contribution is 0.159. The van der Waals surface area contributed by atoms with Crippen LogP contribution in [-0.2, 0) is 10.0 Å². The third-order valence-electron chi connectivity index (χ3n) is 6.21. The maximum atomic E-state index is 13.9. The van der Waals surface area contributed by atoms with Crippen molar-refractivity contribution >= 4 is 37.9 Å². The van der Waals surface area contributed by atoms with Crippen LogP contribution >= 0.6 is 0 Å². The van der Waals surface area contributed by atoms with E-state index in [1.54, 1.807) is 12.1 Å². The van der Waals surface area contributed by atoms with Crippen LogP contribution in [0, 0.1) is 6.92 Å². The van der Waals surface area contributed by atoms with Crippen molar-refractivity contribution in [2.24, 2.45) is 5.10 Å². The molecule has 7 heteroatoms. The van der Waals surface area contributed by atoms with E-state index in [1.165, 1.54) is 3.97 Å². The lowest BCUT2D eigenvalue weighted by atomic mass is 10.1. The largest absolute Gasteiger partial charge is 0.303 e. The van der Waals surface area contributed by atoms with Gasteiger partial charge in [-0.25, -0.2) is 12.4 Å². The van der Waals surface area contributed by atoms with E-state index in [0.717, 1.165) is 47.9 Å². The summed E-state index contributed by atoms with van der Waals surface area (Å²) in [6, 6.07) is 20.6. The van der Waals surface area contributed by atoms with Gasteiger partial charge in [0, 0.05) is 48.2 Å². The van der Waals surface area contributed by atoms with Crippen molar-refractivity contribution in [1.82, 2.24) is 13.9 Å². The van der Waals surface area contributed by atoms with E-state index in [9.17, 15) is 8.42 Å². The predicted molar refractivity (Wildman–Crippen MR) is 130 cm³/mol. The lowest BCUT2D eigenvalue weighted by Crippen LogP contribution is -2.41. The van der Waals surface area contributed by atoms with Crippen molar-refractivity contribution in [3.8, 4) is 0 Å². The Morgan fingerprint density at radius 2 is 1.50 bits per heavy atom. The van der Waals surface area contributed by atoms with E-state index in [1.807, 2.05) is 72.7 Å². The standard InChI is InChI=1S/C25H26N4O2S/c1-19-23(18-26-28-16-14-27(2)15-17-28)22-11-5-6-12-24(22)29(19)32(30,31)25-13-7-9-20-8-3-4-10-21(20)25/h3-13,18H,14-17H2,1-2H3/b26-18+. The van der Waals surface area contributed by atoms with Crippen molar-refractivity contribution in [3.05, 3.63) is 78.0 Å². The molecule has 0 aliphatic carbocycles. The molecule has 5 rings (SSSR count). The van der Waals surface area contributed by atoms with Crippen LogP contribution in [-0.4, -0.2) is 61.7 Å². The van der Waals surface area contributed by atoms with Crippen LogP contribution in [0.1, 0.15) is 11.3 Å². The zero-order valence-corrected chi connectivity index (χ0v) is 19.1. The summed E-state index contributed by atoms with van der Waals surface area (Å²) in [4.78, 5) is 2.59. The number of hydrazone groups is 1. The van der Waals surface area contributed by atoms with Crippen molar-refractivity contribution in [3.63, 3.8) is 0 Å². The van der Waals surface area contributed by atoms with Crippen LogP contribution in [0.25, 0.3) is 21.7 Å². The Labute approximate surface area is 188 Å². The number of likely N-dealkylation sites (N-methyl/N-ethyl adjacent to an activating group) is 1. The van der Waals surface area contributed by atoms with Gasteiger partial charge in [-0.15, -0.1) is 0 Å². The molecular formula is C25H26N4O2S. The minimum Gasteiger partial charge on any atom is -0.303 e. The third-order valence-corrected chi connectivity index (χ3v) is 8.07. The van der Waals surface area contributed by atoms with Crippen LogP contribution in [0.15, 0.2) is 76.7 Å². The summed E-state index contributed by atoms with van der Waals surface area (Å²) in [6.07, 6.45) is 1.82. The Morgan fingerprint density at radius 3 is 2.28 bits per heavy atom. The normalized spacial score (nSPS) is 15.9. The Balaban J connectivity index is 1.66. The molecule has 32 heavy (non-hydrogen) atoms. The van der Waals surface area contributed by atoms with Crippen molar-refractivity contribution < 1.29 is 8.42 Å². The molecule has 0 amide bonds. The minimum atomic E-state index is -3.82. The first kappa shape index (κ1) is 20.7. The highest BCUT2D eigenvalue weighted by atomic mass is 32.2. The molecule has 0 bridgehead atoms. The van der Waals surface area contributed by atoms with Crippen LogP contribution < -0.4 is 0 Å². The molecule has 0 saturated carbocycles. The predicted octanol–water partition coefficient (Wildman–Crippen LogP) is 3.92. The zero-order chi connectivity index (χ0) is 22.3. The van der Waals surface area contributed by atoms with E-state index < -0.39 is 10.0 Å². The molecule has 1 saturated heterocycles. The van der Waals surface area contributed by atoms with Crippen LogP contribution in [0.5, 0.6) is 0 Å². The first-order valence-electron chi connectivity index (χ1n) is 10.8. The van der Waals surface area contributed by atoms with Crippen molar-refractivity contribution in [2.75, 3.05) is 33.2 Å². The number of rotatable bonds is 4. The molecule has 0 atom stereocenters. The monoisotopic (exact) mass is 446 g/mol. The summed E-state index contributed by atoms with van der Waals surface area (Å²) in [7, 11) is -1.71. The average molecular weight is 447 g/mol. The fourth-order valence-corrected chi connectivity index (χ4v) is 6.19. The van der Waals surface area contributed by atoms with Crippen LogP contribution in [0.4, 0.5) is 0 Å². The molecule has 2 heterocycles. The van der Waals surface area contributed by atoms with E-state index >= 15 is 0 Å². The SMILES string of the molecule is Cc1c(/C=N/N2CCN(C)CC2)c2ccccc2n1S(=O)(=O)c1cccc2ccccc12. The Bertz CT molecular complexity index is 1430. The summed E-state index contributed by atoms with van der Waals surface area (Å²) in [5, 5.41) is 9.24. The minimum absolute atomic E-state index is 0.307. The molecule has 0 spiro atoms. The van der Waals surface area contributed by atoms with Crippen LogP contribution in [0.2, 0.25) is 0 Å². The number of nitrogens with zero attached hydrogens (tertiary/aromatic N) is 4. The molecule has 0 unspecified atom stereocenters. The molecule has 4 aromatic rings. The van der Waals surface area contributed by atoms with E-state index in [0.29, 0.717) is 16.1 Å². The topological polar surface area (TPSA) is 57.9 Å². The van der Waals surface area contributed by atoms with Gasteiger partial charge in [0.1, 0.15) is 0 Å². The number of fused-ring (bicyclic) bond motifs is 2. The number of hydrogen-bond donors (Lipinski definition) is 0. The second kappa shape index (κ2) is 8.07. The molecule has 1 aromatic heterocycles. The first-order chi connectivity index (χ1) is 15.5. The molecule has 0 N–H and O–H groups in total. The van der Waals surface area contributed by atoms with Gasteiger partial charge in [-0.3, -0.25) is 5.01 Å². The molecule has 6 nitrogen and oxygen atoms in total. The summed E-state index contributed by atoms with van der Waals surface area (Å²) < 4.78 is 29.3. The van der Waals surface area contributed by atoms with Gasteiger partial charge < -0.3 is 4.90 Å².